The first-order chi connectivity index (χ1) is 7.66. The Labute approximate surface area is 96.2 Å². The molecule has 4 heteroatoms. The lowest BCUT2D eigenvalue weighted by molar-refractivity contribution is -0.128. The number of amides is 1. The van der Waals surface area contributed by atoms with E-state index in [1.165, 1.54) is 26.2 Å². The Morgan fingerprint density at radius 3 is 2.44 bits per heavy atom. The van der Waals surface area contributed by atoms with Crippen molar-refractivity contribution < 1.29 is 9.59 Å². The van der Waals surface area contributed by atoms with Crippen molar-refractivity contribution in [1.29, 1.82) is 0 Å². The van der Waals surface area contributed by atoms with E-state index in [-0.39, 0.29) is 18.1 Å². The first-order valence-corrected chi connectivity index (χ1v) is 6.16. The van der Waals surface area contributed by atoms with Crippen LogP contribution in [0.2, 0.25) is 0 Å². The second-order valence-corrected chi connectivity index (χ2v) is 5.08. The summed E-state index contributed by atoms with van der Waals surface area (Å²) < 4.78 is 0. The van der Waals surface area contributed by atoms with Gasteiger partial charge in [-0.3, -0.25) is 9.59 Å². The van der Waals surface area contributed by atoms with E-state index in [1.807, 2.05) is 0 Å². The number of hydrogen-bond donors (Lipinski definition) is 2. The third-order valence-corrected chi connectivity index (χ3v) is 3.72. The first kappa shape index (κ1) is 11.6. The molecule has 2 atom stereocenters. The molecule has 1 amide bonds. The Morgan fingerprint density at radius 2 is 1.88 bits per heavy atom. The van der Waals surface area contributed by atoms with E-state index in [4.69, 9.17) is 0 Å². The van der Waals surface area contributed by atoms with Gasteiger partial charge in [0.2, 0.25) is 5.91 Å². The summed E-state index contributed by atoms with van der Waals surface area (Å²) in [5.74, 6) is 0.958. The SMILES string of the molecule is CC(=O)CC(=O)NC1[C@H]2CCC[C@H]1CNC2. The molecule has 1 heterocycles. The summed E-state index contributed by atoms with van der Waals surface area (Å²) in [6, 6.07) is 0.293. The lowest BCUT2D eigenvalue weighted by atomic mass is 9.74. The molecule has 2 aliphatic rings. The number of rotatable bonds is 3. The van der Waals surface area contributed by atoms with Gasteiger partial charge in [0, 0.05) is 6.04 Å². The molecule has 2 bridgehead atoms. The van der Waals surface area contributed by atoms with Gasteiger partial charge in [0.15, 0.2) is 0 Å². The number of piperidine rings is 1. The van der Waals surface area contributed by atoms with Gasteiger partial charge in [0.25, 0.3) is 0 Å². The van der Waals surface area contributed by atoms with Crippen LogP contribution in [-0.2, 0) is 9.59 Å². The van der Waals surface area contributed by atoms with Gasteiger partial charge in [0.05, 0.1) is 6.42 Å². The van der Waals surface area contributed by atoms with E-state index < -0.39 is 0 Å². The number of hydrogen-bond acceptors (Lipinski definition) is 3. The van der Waals surface area contributed by atoms with Gasteiger partial charge in [-0.15, -0.1) is 0 Å². The van der Waals surface area contributed by atoms with Crippen molar-refractivity contribution in [2.75, 3.05) is 13.1 Å². The summed E-state index contributed by atoms with van der Waals surface area (Å²) in [4.78, 5) is 22.5. The third-order valence-electron chi connectivity index (χ3n) is 3.72. The van der Waals surface area contributed by atoms with E-state index in [0.29, 0.717) is 17.9 Å². The Hall–Kier alpha value is -0.900. The zero-order valence-electron chi connectivity index (χ0n) is 9.79. The summed E-state index contributed by atoms with van der Waals surface area (Å²) in [7, 11) is 0. The van der Waals surface area contributed by atoms with Gasteiger partial charge in [-0.1, -0.05) is 6.42 Å². The molecule has 0 aromatic carbocycles. The van der Waals surface area contributed by atoms with Crippen LogP contribution in [0.25, 0.3) is 0 Å². The van der Waals surface area contributed by atoms with Gasteiger partial charge in [0.1, 0.15) is 5.78 Å². The average Bonchev–Trinajstić information content (AvgIpc) is 2.15. The third kappa shape index (κ3) is 2.61. The molecule has 0 spiro atoms. The Morgan fingerprint density at radius 1 is 1.25 bits per heavy atom. The second-order valence-electron chi connectivity index (χ2n) is 5.08. The predicted octanol–water partition coefficient (Wildman–Crippen LogP) is 0.470. The largest absolute Gasteiger partial charge is 0.352 e. The standard InChI is InChI=1S/C12H20N2O2/c1-8(15)5-11(16)14-12-9-3-2-4-10(12)7-13-6-9/h9-10,12-13H,2-7H2,1H3,(H,14,16)/t9-,10-/m0/s1. The minimum Gasteiger partial charge on any atom is -0.352 e. The first-order valence-electron chi connectivity index (χ1n) is 6.16. The summed E-state index contributed by atoms with van der Waals surface area (Å²) in [5, 5.41) is 6.46. The van der Waals surface area contributed by atoms with Crippen LogP contribution in [0.15, 0.2) is 0 Å². The highest BCUT2D eigenvalue weighted by Crippen LogP contribution is 2.31. The molecule has 1 aliphatic carbocycles. The van der Waals surface area contributed by atoms with Gasteiger partial charge in [-0.05, 0) is 44.7 Å². The van der Waals surface area contributed by atoms with E-state index in [0.717, 1.165) is 13.1 Å². The number of ketones is 1. The highest BCUT2D eigenvalue weighted by molar-refractivity contribution is 5.96. The summed E-state index contributed by atoms with van der Waals surface area (Å²) in [6.45, 7) is 3.46. The fourth-order valence-corrected chi connectivity index (χ4v) is 3.00. The molecule has 1 saturated heterocycles. The molecule has 0 aromatic heterocycles. The average molecular weight is 224 g/mol. The number of fused-ring (bicyclic) bond motifs is 2. The summed E-state index contributed by atoms with van der Waals surface area (Å²) in [5.41, 5.74) is 0. The predicted molar refractivity (Wildman–Crippen MR) is 60.9 cm³/mol. The quantitative estimate of drug-likeness (QED) is 0.685. The molecule has 2 rings (SSSR count). The van der Waals surface area contributed by atoms with Crippen molar-refractivity contribution in [3.05, 3.63) is 0 Å². The molecule has 2 fully saturated rings. The van der Waals surface area contributed by atoms with Crippen molar-refractivity contribution in [3.63, 3.8) is 0 Å². The zero-order chi connectivity index (χ0) is 11.5. The number of nitrogens with one attached hydrogen (secondary N) is 2. The Kier molecular flexibility index (Phi) is 3.59. The zero-order valence-corrected chi connectivity index (χ0v) is 9.79. The maximum atomic E-state index is 11.6. The van der Waals surface area contributed by atoms with E-state index in [1.54, 1.807) is 0 Å². The van der Waals surface area contributed by atoms with Crippen LogP contribution in [0.4, 0.5) is 0 Å². The van der Waals surface area contributed by atoms with E-state index in [2.05, 4.69) is 10.6 Å². The molecule has 0 unspecified atom stereocenters. The van der Waals surface area contributed by atoms with Crippen molar-refractivity contribution in [2.24, 2.45) is 11.8 Å². The molecule has 1 saturated carbocycles. The van der Waals surface area contributed by atoms with Crippen LogP contribution in [0.3, 0.4) is 0 Å². The molecule has 1 aliphatic heterocycles. The van der Waals surface area contributed by atoms with Crippen molar-refractivity contribution >= 4 is 11.7 Å². The van der Waals surface area contributed by atoms with Crippen LogP contribution in [0, 0.1) is 11.8 Å². The van der Waals surface area contributed by atoms with E-state index >= 15 is 0 Å². The number of Topliss-reactive ketones (excluding diaryl/α,β-unsaturated/α-hetero) is 1. The van der Waals surface area contributed by atoms with Crippen LogP contribution >= 0.6 is 0 Å². The molecule has 4 nitrogen and oxygen atoms in total. The fraction of sp³-hybridized carbons (Fsp3) is 0.833. The van der Waals surface area contributed by atoms with Crippen LogP contribution < -0.4 is 10.6 Å². The monoisotopic (exact) mass is 224 g/mol. The van der Waals surface area contributed by atoms with Gasteiger partial charge >= 0.3 is 0 Å². The number of carbonyl (C=O) groups is 2. The van der Waals surface area contributed by atoms with Crippen molar-refractivity contribution in [1.82, 2.24) is 10.6 Å². The Balaban J connectivity index is 1.92. The van der Waals surface area contributed by atoms with Gasteiger partial charge < -0.3 is 10.6 Å². The molecular weight excluding hydrogens is 204 g/mol. The molecule has 0 aromatic rings. The Bertz CT molecular complexity index is 269. The highest BCUT2D eigenvalue weighted by atomic mass is 16.2. The molecule has 2 N–H and O–H groups in total. The minimum atomic E-state index is -0.101. The molecule has 16 heavy (non-hydrogen) atoms. The van der Waals surface area contributed by atoms with Crippen LogP contribution in [-0.4, -0.2) is 30.8 Å². The van der Waals surface area contributed by atoms with Gasteiger partial charge in [-0.2, -0.15) is 0 Å². The molecule has 0 radical (unpaired) electrons. The second kappa shape index (κ2) is 4.95. The highest BCUT2D eigenvalue weighted by Gasteiger charge is 2.36. The van der Waals surface area contributed by atoms with Crippen LogP contribution in [0.1, 0.15) is 32.6 Å². The lowest BCUT2D eigenvalue weighted by Crippen LogP contribution is -2.57. The normalized spacial score (nSPS) is 33.2. The fourth-order valence-electron chi connectivity index (χ4n) is 3.00. The number of carbonyl (C=O) groups excluding carboxylic acids is 2. The van der Waals surface area contributed by atoms with Crippen LogP contribution in [0.5, 0.6) is 0 Å². The topological polar surface area (TPSA) is 58.2 Å². The maximum Gasteiger partial charge on any atom is 0.227 e. The van der Waals surface area contributed by atoms with E-state index in [9.17, 15) is 9.59 Å². The lowest BCUT2D eigenvalue weighted by Gasteiger charge is -2.43. The van der Waals surface area contributed by atoms with Crippen molar-refractivity contribution in [3.8, 4) is 0 Å². The smallest absolute Gasteiger partial charge is 0.227 e. The summed E-state index contributed by atoms with van der Waals surface area (Å²) in [6.07, 6.45) is 3.68. The van der Waals surface area contributed by atoms with Crippen molar-refractivity contribution in [2.45, 2.75) is 38.6 Å². The summed E-state index contributed by atoms with van der Waals surface area (Å²) >= 11 is 0. The minimum absolute atomic E-state index is 0.0311. The maximum absolute atomic E-state index is 11.6. The van der Waals surface area contributed by atoms with Gasteiger partial charge in [-0.25, -0.2) is 0 Å². The molecule has 90 valence electrons. The molecular formula is C12H20N2O2.